The Labute approximate surface area is 125 Å². The summed E-state index contributed by atoms with van der Waals surface area (Å²) in [5.74, 6) is -0.0136. The predicted octanol–water partition coefficient (Wildman–Crippen LogP) is 3.35. The van der Waals surface area contributed by atoms with Gasteiger partial charge in [0.05, 0.1) is 0 Å². The number of nitrogens with one attached hydrogen (secondary N) is 1. The second-order valence-corrected chi connectivity index (χ2v) is 6.02. The number of Topliss-reactive ketones (excluding diaryl/α,β-unsaturated/α-hetero) is 1. The van der Waals surface area contributed by atoms with Gasteiger partial charge >= 0.3 is 0 Å². The van der Waals surface area contributed by atoms with Crippen LogP contribution < -0.4 is 5.32 Å². The van der Waals surface area contributed by atoms with Crippen molar-refractivity contribution in [3.05, 3.63) is 41.5 Å². The minimum absolute atomic E-state index is 0.400. The molecular weight excluding hydrogens is 262 g/mol. The first kappa shape index (κ1) is 14.1. The highest BCUT2D eigenvalue weighted by Gasteiger charge is 2.25. The van der Waals surface area contributed by atoms with Crippen LogP contribution in [-0.4, -0.2) is 18.1 Å². The molecule has 1 N–H and O–H groups in total. The molecule has 1 aromatic rings. The summed E-state index contributed by atoms with van der Waals surface area (Å²) in [4.78, 5) is 23.6. The molecule has 0 bridgehead atoms. The molecule has 2 aliphatic rings. The van der Waals surface area contributed by atoms with E-state index in [9.17, 15) is 9.59 Å². The molecule has 21 heavy (non-hydrogen) atoms. The third kappa shape index (κ3) is 3.07. The van der Waals surface area contributed by atoms with Crippen LogP contribution in [0.5, 0.6) is 0 Å². The summed E-state index contributed by atoms with van der Waals surface area (Å²) in [7, 11) is 0. The number of allylic oxidation sites excluding steroid dienone is 1. The number of carbonyl (C=O) groups excluding carboxylic acids is 2. The van der Waals surface area contributed by atoms with Crippen molar-refractivity contribution in [2.45, 2.75) is 38.5 Å². The quantitative estimate of drug-likeness (QED) is 0.862. The van der Waals surface area contributed by atoms with E-state index in [4.69, 9.17) is 0 Å². The van der Waals surface area contributed by atoms with Gasteiger partial charge in [0.1, 0.15) is 0 Å². The Morgan fingerprint density at radius 3 is 2.48 bits per heavy atom. The first-order chi connectivity index (χ1) is 10.3. The summed E-state index contributed by atoms with van der Waals surface area (Å²) in [5, 5.41) is 3.36. The summed E-state index contributed by atoms with van der Waals surface area (Å²) >= 11 is 0. The van der Waals surface area contributed by atoms with Crippen LogP contribution in [0.15, 0.2) is 30.3 Å². The van der Waals surface area contributed by atoms with E-state index in [-0.39, 0.29) is 0 Å². The Hall–Kier alpha value is -1.90. The fourth-order valence-electron chi connectivity index (χ4n) is 3.36. The first-order valence-corrected chi connectivity index (χ1v) is 7.89. The molecule has 1 aromatic carbocycles. The lowest BCUT2D eigenvalue weighted by molar-refractivity contribution is -0.111. The Kier molecular flexibility index (Phi) is 4.18. The Bertz CT molecular complexity index is 583. The summed E-state index contributed by atoms with van der Waals surface area (Å²) in [5.41, 5.74) is 2.17. The smallest absolute Gasteiger partial charge is 0.233 e. The summed E-state index contributed by atoms with van der Waals surface area (Å²) in [6.45, 7) is 0.867. The molecule has 2 aliphatic carbocycles. The zero-order chi connectivity index (χ0) is 14.7. The number of hydrogen-bond donors (Lipinski definition) is 1. The van der Waals surface area contributed by atoms with Gasteiger partial charge in [-0.15, -0.1) is 0 Å². The van der Waals surface area contributed by atoms with Crippen LogP contribution in [0.3, 0.4) is 0 Å². The zero-order valence-electron chi connectivity index (χ0n) is 12.2. The van der Waals surface area contributed by atoms with Gasteiger partial charge in [0, 0.05) is 29.4 Å². The van der Waals surface area contributed by atoms with Crippen molar-refractivity contribution in [1.29, 1.82) is 0 Å². The van der Waals surface area contributed by atoms with Crippen LogP contribution in [0.4, 0.5) is 0 Å². The van der Waals surface area contributed by atoms with Crippen molar-refractivity contribution < 1.29 is 9.59 Å². The van der Waals surface area contributed by atoms with E-state index < -0.39 is 11.6 Å². The zero-order valence-corrected chi connectivity index (χ0v) is 12.2. The first-order valence-electron chi connectivity index (χ1n) is 7.89. The number of hydrogen-bond acceptors (Lipinski definition) is 3. The minimum Gasteiger partial charge on any atom is -0.384 e. The molecular formula is C18H21NO2. The van der Waals surface area contributed by atoms with Gasteiger partial charge in [-0.1, -0.05) is 56.4 Å². The van der Waals surface area contributed by atoms with Crippen molar-refractivity contribution >= 4 is 17.3 Å². The molecule has 0 saturated heterocycles. The van der Waals surface area contributed by atoms with Gasteiger partial charge in [-0.2, -0.15) is 0 Å². The lowest BCUT2D eigenvalue weighted by Gasteiger charge is -2.23. The molecule has 0 amide bonds. The molecule has 0 spiro atoms. The summed E-state index contributed by atoms with van der Waals surface area (Å²) < 4.78 is 0. The second kappa shape index (κ2) is 6.25. The van der Waals surface area contributed by atoms with Crippen molar-refractivity contribution in [1.82, 2.24) is 5.32 Å². The lowest BCUT2D eigenvalue weighted by Crippen LogP contribution is -2.26. The van der Waals surface area contributed by atoms with Gasteiger partial charge in [0.25, 0.3) is 0 Å². The average molecular weight is 283 g/mol. The van der Waals surface area contributed by atoms with Crippen molar-refractivity contribution in [3.63, 3.8) is 0 Å². The third-order valence-electron chi connectivity index (χ3n) is 4.55. The predicted molar refractivity (Wildman–Crippen MR) is 83.0 cm³/mol. The minimum atomic E-state index is -0.422. The van der Waals surface area contributed by atoms with Gasteiger partial charge < -0.3 is 5.32 Å². The molecule has 0 atom stereocenters. The highest BCUT2D eigenvalue weighted by molar-refractivity contribution is 6.50. The van der Waals surface area contributed by atoms with Gasteiger partial charge in [-0.25, -0.2) is 0 Å². The van der Waals surface area contributed by atoms with E-state index in [1.54, 1.807) is 12.1 Å². The number of rotatable bonds is 4. The Balaban J connectivity index is 1.66. The molecule has 110 valence electrons. The van der Waals surface area contributed by atoms with Crippen LogP contribution in [0.25, 0.3) is 5.70 Å². The molecule has 3 rings (SSSR count). The largest absolute Gasteiger partial charge is 0.384 e. The van der Waals surface area contributed by atoms with Crippen LogP contribution in [0.1, 0.15) is 54.4 Å². The monoisotopic (exact) mass is 283 g/mol. The van der Waals surface area contributed by atoms with Gasteiger partial charge in [0.15, 0.2) is 0 Å². The molecule has 1 saturated carbocycles. The highest BCUT2D eigenvalue weighted by atomic mass is 16.2. The Morgan fingerprint density at radius 2 is 1.71 bits per heavy atom. The molecule has 1 fully saturated rings. The van der Waals surface area contributed by atoms with E-state index >= 15 is 0 Å². The van der Waals surface area contributed by atoms with Crippen molar-refractivity contribution in [3.8, 4) is 0 Å². The van der Waals surface area contributed by atoms with Crippen LogP contribution in [0, 0.1) is 5.92 Å². The molecule has 0 radical (unpaired) electrons. The molecule has 0 aliphatic heterocycles. The maximum Gasteiger partial charge on any atom is 0.233 e. The van der Waals surface area contributed by atoms with E-state index in [1.165, 1.54) is 38.2 Å². The van der Waals surface area contributed by atoms with Gasteiger partial charge in [0.2, 0.25) is 11.6 Å². The standard InChI is InChI=1S/C18H21NO2/c20-17-12-16(14-8-4-5-9-15(14)18(17)21)19-11-10-13-6-2-1-3-7-13/h4-5,8-9,12-13,19H,1-3,6-7,10-11H2. The van der Waals surface area contributed by atoms with Crippen molar-refractivity contribution in [2.75, 3.05) is 6.54 Å². The van der Waals surface area contributed by atoms with Crippen molar-refractivity contribution in [2.24, 2.45) is 5.92 Å². The van der Waals surface area contributed by atoms with E-state index in [1.807, 2.05) is 12.1 Å². The maximum absolute atomic E-state index is 11.9. The average Bonchev–Trinajstić information content (AvgIpc) is 2.53. The molecule has 3 nitrogen and oxygen atoms in total. The summed E-state index contributed by atoms with van der Waals surface area (Å²) in [6, 6.07) is 7.33. The van der Waals surface area contributed by atoms with E-state index in [0.29, 0.717) is 5.56 Å². The second-order valence-electron chi connectivity index (χ2n) is 6.02. The lowest BCUT2D eigenvalue weighted by atomic mass is 9.87. The fourth-order valence-corrected chi connectivity index (χ4v) is 3.36. The summed E-state index contributed by atoms with van der Waals surface area (Å²) in [6.07, 6.45) is 9.32. The number of benzene rings is 1. The topological polar surface area (TPSA) is 46.2 Å². The highest BCUT2D eigenvalue weighted by Crippen LogP contribution is 2.27. The fraction of sp³-hybridized carbons (Fsp3) is 0.444. The molecule has 0 aromatic heterocycles. The number of ketones is 2. The Morgan fingerprint density at radius 1 is 1.00 bits per heavy atom. The SMILES string of the molecule is O=C1C=C(NCCC2CCCCC2)c2ccccc2C1=O. The van der Waals surface area contributed by atoms with Gasteiger partial charge in [-0.05, 0) is 12.3 Å². The number of fused-ring (bicyclic) bond motifs is 1. The van der Waals surface area contributed by atoms with Crippen LogP contribution in [0.2, 0.25) is 0 Å². The maximum atomic E-state index is 11.9. The molecule has 0 heterocycles. The molecule has 3 heteroatoms. The third-order valence-corrected chi connectivity index (χ3v) is 4.55. The van der Waals surface area contributed by atoms with Gasteiger partial charge in [-0.3, -0.25) is 9.59 Å². The molecule has 0 unspecified atom stereocenters. The van der Waals surface area contributed by atoms with Crippen LogP contribution >= 0.6 is 0 Å². The van der Waals surface area contributed by atoms with E-state index in [2.05, 4.69) is 5.32 Å². The van der Waals surface area contributed by atoms with E-state index in [0.717, 1.165) is 30.1 Å². The number of carbonyl (C=O) groups is 2. The normalized spacial score (nSPS) is 19.1. The van der Waals surface area contributed by atoms with Crippen LogP contribution in [-0.2, 0) is 4.79 Å².